The summed E-state index contributed by atoms with van der Waals surface area (Å²) in [6.07, 6.45) is 3.18. The van der Waals surface area contributed by atoms with E-state index in [-0.39, 0.29) is 18.1 Å². The molecule has 2 atom stereocenters. The molecule has 0 bridgehead atoms. The van der Waals surface area contributed by atoms with Crippen molar-refractivity contribution in [3.63, 3.8) is 0 Å². The highest BCUT2D eigenvalue weighted by atomic mass is 16.5. The van der Waals surface area contributed by atoms with Crippen LogP contribution in [0.5, 0.6) is 11.5 Å². The molecule has 25 heavy (non-hydrogen) atoms. The summed E-state index contributed by atoms with van der Waals surface area (Å²) in [5.41, 5.74) is 0.513. The summed E-state index contributed by atoms with van der Waals surface area (Å²) in [5, 5.41) is 8.76. The first-order valence-electron chi connectivity index (χ1n) is 8.64. The summed E-state index contributed by atoms with van der Waals surface area (Å²) >= 11 is 0. The van der Waals surface area contributed by atoms with Gasteiger partial charge in [-0.05, 0) is 44.4 Å². The Hall–Kier alpha value is -2.28. The first-order valence-corrected chi connectivity index (χ1v) is 8.64. The Morgan fingerprint density at radius 2 is 2.12 bits per heavy atom. The first kappa shape index (κ1) is 17.5. The average molecular weight is 349 g/mol. The maximum Gasteiger partial charge on any atom is 0.341 e. The van der Waals surface area contributed by atoms with Gasteiger partial charge in [-0.1, -0.05) is 0 Å². The molecule has 2 aliphatic rings. The van der Waals surface area contributed by atoms with Gasteiger partial charge in [0, 0.05) is 12.1 Å². The summed E-state index contributed by atoms with van der Waals surface area (Å²) in [7, 11) is 0. The van der Waals surface area contributed by atoms with E-state index in [1.807, 2.05) is 11.8 Å². The van der Waals surface area contributed by atoms with Crippen LogP contribution in [-0.2, 0) is 9.53 Å². The smallest absolute Gasteiger partial charge is 0.341 e. The molecule has 7 nitrogen and oxygen atoms in total. The summed E-state index contributed by atoms with van der Waals surface area (Å²) < 4.78 is 16.5. The highest BCUT2D eigenvalue weighted by Crippen LogP contribution is 2.33. The van der Waals surface area contributed by atoms with Crippen molar-refractivity contribution >= 4 is 11.9 Å². The van der Waals surface area contributed by atoms with Crippen LogP contribution in [0, 0.1) is 0 Å². The van der Waals surface area contributed by atoms with Gasteiger partial charge in [-0.2, -0.15) is 0 Å². The number of hydrogen-bond acceptors (Lipinski definition) is 5. The normalized spacial score (nSPS) is 22.4. The standard InChI is InChI=1S/C18H23NO6/c1-2-23-16-10-12(6-7-15(16)25-11-17(20)21)18(22)19-8-9-24-14-5-3-4-13(14)19/h6-7,10,13-14H,2-5,8-9,11H2,1H3,(H,20,21). The van der Waals surface area contributed by atoms with E-state index in [1.165, 1.54) is 0 Å². The van der Waals surface area contributed by atoms with E-state index in [2.05, 4.69) is 0 Å². The Bertz CT molecular complexity index is 646. The lowest BCUT2D eigenvalue weighted by molar-refractivity contribution is -0.139. The molecule has 0 radical (unpaired) electrons. The Labute approximate surface area is 146 Å². The molecule has 1 saturated heterocycles. The van der Waals surface area contributed by atoms with E-state index in [0.717, 1.165) is 19.3 Å². The van der Waals surface area contributed by atoms with Crippen LogP contribution in [0.4, 0.5) is 0 Å². The van der Waals surface area contributed by atoms with Crippen molar-refractivity contribution < 1.29 is 28.9 Å². The molecule has 1 saturated carbocycles. The van der Waals surface area contributed by atoms with Gasteiger partial charge < -0.3 is 24.2 Å². The molecule has 2 fully saturated rings. The molecule has 3 rings (SSSR count). The van der Waals surface area contributed by atoms with E-state index in [9.17, 15) is 9.59 Å². The largest absolute Gasteiger partial charge is 0.490 e. The maximum absolute atomic E-state index is 13.0. The van der Waals surface area contributed by atoms with Crippen molar-refractivity contribution in [2.45, 2.75) is 38.3 Å². The number of rotatable bonds is 6. The fourth-order valence-electron chi connectivity index (χ4n) is 3.51. The predicted molar refractivity (Wildman–Crippen MR) is 89.2 cm³/mol. The van der Waals surface area contributed by atoms with Crippen LogP contribution in [0.25, 0.3) is 0 Å². The second-order valence-electron chi connectivity index (χ2n) is 6.18. The molecular weight excluding hydrogens is 326 g/mol. The van der Waals surface area contributed by atoms with Crippen LogP contribution < -0.4 is 9.47 Å². The van der Waals surface area contributed by atoms with Gasteiger partial charge in [-0.3, -0.25) is 4.79 Å². The highest BCUT2D eigenvalue weighted by Gasteiger charge is 2.38. The minimum absolute atomic E-state index is 0.0501. The molecule has 1 N–H and O–H groups in total. The Morgan fingerprint density at radius 3 is 2.88 bits per heavy atom. The van der Waals surface area contributed by atoms with E-state index >= 15 is 0 Å². The molecule has 1 amide bonds. The van der Waals surface area contributed by atoms with Gasteiger partial charge in [-0.25, -0.2) is 4.79 Å². The molecule has 1 aliphatic heterocycles. The van der Waals surface area contributed by atoms with Crippen LogP contribution in [0.3, 0.4) is 0 Å². The topological polar surface area (TPSA) is 85.3 Å². The highest BCUT2D eigenvalue weighted by molar-refractivity contribution is 5.95. The van der Waals surface area contributed by atoms with Crippen molar-refractivity contribution in [2.24, 2.45) is 0 Å². The van der Waals surface area contributed by atoms with Gasteiger partial charge in [0.2, 0.25) is 0 Å². The molecule has 7 heteroatoms. The van der Waals surface area contributed by atoms with Crippen LogP contribution >= 0.6 is 0 Å². The second kappa shape index (κ2) is 7.74. The summed E-state index contributed by atoms with van der Waals surface area (Å²) in [6, 6.07) is 5.01. The zero-order valence-corrected chi connectivity index (χ0v) is 14.3. The van der Waals surface area contributed by atoms with E-state index in [0.29, 0.717) is 36.8 Å². The molecule has 136 valence electrons. The van der Waals surface area contributed by atoms with Crippen molar-refractivity contribution in [3.05, 3.63) is 23.8 Å². The number of fused-ring (bicyclic) bond motifs is 1. The number of carboxylic acids is 1. The van der Waals surface area contributed by atoms with Gasteiger partial charge in [0.25, 0.3) is 5.91 Å². The molecule has 2 unspecified atom stereocenters. The van der Waals surface area contributed by atoms with Gasteiger partial charge in [0.1, 0.15) is 0 Å². The van der Waals surface area contributed by atoms with Crippen molar-refractivity contribution in [2.75, 3.05) is 26.4 Å². The summed E-state index contributed by atoms with van der Waals surface area (Å²) in [5.74, 6) is -0.415. The Kier molecular flexibility index (Phi) is 5.43. The molecule has 1 heterocycles. The van der Waals surface area contributed by atoms with Gasteiger partial charge >= 0.3 is 5.97 Å². The van der Waals surface area contributed by atoms with Crippen molar-refractivity contribution in [1.82, 2.24) is 4.90 Å². The lowest BCUT2D eigenvalue weighted by atomic mass is 10.1. The summed E-state index contributed by atoms with van der Waals surface area (Å²) in [4.78, 5) is 25.5. The third-order valence-corrected chi connectivity index (χ3v) is 4.58. The lowest BCUT2D eigenvalue weighted by Crippen LogP contribution is -2.51. The van der Waals surface area contributed by atoms with E-state index in [1.54, 1.807) is 18.2 Å². The fraction of sp³-hybridized carbons (Fsp3) is 0.556. The lowest BCUT2D eigenvalue weighted by Gasteiger charge is -2.37. The van der Waals surface area contributed by atoms with Crippen LogP contribution in [0.2, 0.25) is 0 Å². The van der Waals surface area contributed by atoms with Gasteiger partial charge in [0.15, 0.2) is 18.1 Å². The van der Waals surface area contributed by atoms with Crippen LogP contribution in [-0.4, -0.2) is 60.4 Å². The number of nitrogens with zero attached hydrogens (tertiary/aromatic N) is 1. The summed E-state index contributed by atoms with van der Waals surface area (Å²) in [6.45, 7) is 2.90. The quantitative estimate of drug-likeness (QED) is 0.845. The molecule has 1 aromatic carbocycles. The monoisotopic (exact) mass is 349 g/mol. The maximum atomic E-state index is 13.0. The predicted octanol–water partition coefficient (Wildman–Crippen LogP) is 1.94. The second-order valence-corrected chi connectivity index (χ2v) is 6.18. The number of aliphatic carboxylic acids is 1. The zero-order valence-electron chi connectivity index (χ0n) is 14.3. The van der Waals surface area contributed by atoms with E-state index < -0.39 is 12.6 Å². The SMILES string of the molecule is CCOc1cc(C(=O)N2CCOC3CCCC32)ccc1OCC(=O)O. The molecule has 1 aliphatic carbocycles. The number of amides is 1. The first-order chi connectivity index (χ1) is 12.1. The zero-order chi connectivity index (χ0) is 17.8. The third kappa shape index (κ3) is 3.87. The van der Waals surface area contributed by atoms with Gasteiger partial charge in [-0.15, -0.1) is 0 Å². The molecular formula is C18H23NO6. The minimum atomic E-state index is -1.07. The molecule has 0 aromatic heterocycles. The molecule has 0 spiro atoms. The van der Waals surface area contributed by atoms with Crippen LogP contribution in [0.15, 0.2) is 18.2 Å². The minimum Gasteiger partial charge on any atom is -0.490 e. The number of morpholine rings is 1. The number of carboxylic acid groups (broad SMARTS) is 1. The number of benzene rings is 1. The third-order valence-electron chi connectivity index (χ3n) is 4.58. The number of carbonyl (C=O) groups excluding carboxylic acids is 1. The Balaban J connectivity index is 1.79. The number of ether oxygens (including phenoxy) is 3. The van der Waals surface area contributed by atoms with Gasteiger partial charge in [0.05, 0.1) is 25.4 Å². The van der Waals surface area contributed by atoms with Crippen molar-refractivity contribution in [1.29, 1.82) is 0 Å². The van der Waals surface area contributed by atoms with Crippen molar-refractivity contribution in [3.8, 4) is 11.5 Å². The van der Waals surface area contributed by atoms with E-state index in [4.69, 9.17) is 19.3 Å². The van der Waals surface area contributed by atoms with Crippen LogP contribution in [0.1, 0.15) is 36.5 Å². The fourth-order valence-corrected chi connectivity index (χ4v) is 3.51. The Morgan fingerprint density at radius 1 is 1.28 bits per heavy atom. The average Bonchev–Trinajstić information content (AvgIpc) is 3.09. The number of hydrogen-bond donors (Lipinski definition) is 1. The number of carbonyl (C=O) groups is 2. The molecule has 1 aromatic rings.